The maximum absolute atomic E-state index is 14.0. The van der Waals surface area contributed by atoms with Crippen LogP contribution in [0.4, 0.5) is 4.39 Å². The molecule has 112 valence electrons. The van der Waals surface area contributed by atoms with E-state index in [0.29, 0.717) is 29.2 Å². The van der Waals surface area contributed by atoms with Gasteiger partial charge in [0.25, 0.3) is 0 Å². The Hall–Kier alpha value is -1.09. The van der Waals surface area contributed by atoms with E-state index in [4.69, 9.17) is 4.74 Å². The predicted molar refractivity (Wildman–Crippen MR) is 80.4 cm³/mol. The van der Waals surface area contributed by atoms with Crippen molar-refractivity contribution in [3.8, 4) is 5.75 Å². The van der Waals surface area contributed by atoms with E-state index in [2.05, 4.69) is 25.7 Å². The molecule has 1 atom stereocenters. The second-order valence-electron chi connectivity index (χ2n) is 6.86. The third kappa shape index (κ3) is 3.51. The molecule has 2 rings (SSSR count). The Bertz CT molecular complexity index is 453. The minimum absolute atomic E-state index is 0.165. The monoisotopic (exact) mass is 279 g/mol. The number of benzene rings is 1. The predicted octanol–water partition coefficient (Wildman–Crippen LogP) is 4.09. The van der Waals surface area contributed by atoms with Crippen LogP contribution in [0.25, 0.3) is 0 Å². The van der Waals surface area contributed by atoms with Crippen molar-refractivity contribution in [3.05, 3.63) is 29.6 Å². The molecule has 3 heteroatoms. The van der Waals surface area contributed by atoms with E-state index in [-0.39, 0.29) is 5.82 Å². The normalized spacial score (nSPS) is 20.9. The van der Waals surface area contributed by atoms with Crippen LogP contribution in [-0.2, 0) is 6.54 Å². The van der Waals surface area contributed by atoms with Crippen LogP contribution < -0.4 is 4.74 Å². The summed E-state index contributed by atoms with van der Waals surface area (Å²) in [6.07, 6.45) is 2.47. The number of ether oxygens (including phenoxy) is 1. The summed E-state index contributed by atoms with van der Waals surface area (Å²) >= 11 is 0. The molecule has 0 N–H and O–H groups in total. The smallest absolute Gasteiger partial charge is 0.131 e. The molecule has 2 nitrogen and oxygen atoms in total. The first-order valence-corrected chi connectivity index (χ1v) is 7.45. The third-order valence-corrected chi connectivity index (χ3v) is 4.41. The molecule has 1 aliphatic rings. The average Bonchev–Trinajstić information content (AvgIpc) is 2.40. The van der Waals surface area contributed by atoms with E-state index >= 15 is 0 Å². The summed E-state index contributed by atoms with van der Waals surface area (Å²) in [5.74, 6) is 1.17. The van der Waals surface area contributed by atoms with Crippen molar-refractivity contribution in [2.45, 2.75) is 40.2 Å². The first-order chi connectivity index (χ1) is 9.41. The van der Waals surface area contributed by atoms with Gasteiger partial charge in [0.2, 0.25) is 0 Å². The number of halogens is 1. The van der Waals surface area contributed by atoms with Crippen LogP contribution in [0.2, 0.25) is 0 Å². The van der Waals surface area contributed by atoms with E-state index < -0.39 is 0 Å². The zero-order valence-corrected chi connectivity index (χ0v) is 13.1. The van der Waals surface area contributed by atoms with E-state index in [1.165, 1.54) is 18.9 Å². The largest absolute Gasteiger partial charge is 0.496 e. The second-order valence-corrected chi connectivity index (χ2v) is 6.86. The molecule has 1 aliphatic heterocycles. The van der Waals surface area contributed by atoms with Crippen molar-refractivity contribution in [3.63, 3.8) is 0 Å². The topological polar surface area (TPSA) is 12.5 Å². The Balaban J connectivity index is 2.10. The van der Waals surface area contributed by atoms with Crippen molar-refractivity contribution < 1.29 is 9.13 Å². The Kier molecular flexibility index (Phi) is 4.69. The molecule has 1 saturated heterocycles. The van der Waals surface area contributed by atoms with E-state index in [1.807, 2.05) is 6.07 Å². The van der Waals surface area contributed by atoms with Crippen molar-refractivity contribution in [1.82, 2.24) is 4.90 Å². The lowest BCUT2D eigenvalue weighted by molar-refractivity contribution is 0.0929. The third-order valence-electron chi connectivity index (χ3n) is 4.41. The fraction of sp³-hybridized carbons (Fsp3) is 0.647. The lowest BCUT2D eigenvalue weighted by atomic mass is 9.76. The molecule has 0 radical (unpaired) electrons. The van der Waals surface area contributed by atoms with Gasteiger partial charge < -0.3 is 4.74 Å². The minimum Gasteiger partial charge on any atom is -0.496 e. The average molecular weight is 279 g/mol. The summed E-state index contributed by atoms with van der Waals surface area (Å²) in [4.78, 5) is 2.36. The molecule has 0 aliphatic carbocycles. The number of nitrogens with zero attached hydrogens (tertiary/aromatic N) is 1. The number of rotatable bonds is 3. The summed E-state index contributed by atoms with van der Waals surface area (Å²) in [5.41, 5.74) is 1.00. The fourth-order valence-corrected chi connectivity index (χ4v) is 3.01. The van der Waals surface area contributed by atoms with Gasteiger partial charge in [0.1, 0.15) is 11.6 Å². The number of methoxy groups -OCH3 is 1. The Morgan fingerprint density at radius 1 is 1.35 bits per heavy atom. The summed E-state index contributed by atoms with van der Waals surface area (Å²) in [6, 6.07) is 5.05. The lowest BCUT2D eigenvalue weighted by Crippen LogP contribution is -2.40. The van der Waals surface area contributed by atoms with Gasteiger partial charge in [-0.15, -0.1) is 0 Å². The summed E-state index contributed by atoms with van der Waals surface area (Å²) < 4.78 is 19.3. The minimum atomic E-state index is -0.165. The SMILES string of the molecule is COc1cccc(F)c1CN1CCC[C@@H](C(C)(C)C)C1. The highest BCUT2D eigenvalue weighted by Crippen LogP contribution is 2.34. The Morgan fingerprint density at radius 2 is 2.10 bits per heavy atom. The van der Waals surface area contributed by atoms with Gasteiger partial charge in [-0.3, -0.25) is 4.90 Å². The zero-order chi connectivity index (χ0) is 14.8. The first-order valence-electron chi connectivity index (χ1n) is 7.45. The van der Waals surface area contributed by atoms with Crippen LogP contribution in [0.15, 0.2) is 18.2 Å². The molecule has 0 unspecified atom stereocenters. The molecular formula is C17H26FNO. The van der Waals surface area contributed by atoms with Gasteiger partial charge >= 0.3 is 0 Å². The van der Waals surface area contributed by atoms with E-state index in [9.17, 15) is 4.39 Å². The highest BCUT2D eigenvalue weighted by molar-refractivity contribution is 5.34. The van der Waals surface area contributed by atoms with Crippen LogP contribution >= 0.6 is 0 Å². The van der Waals surface area contributed by atoms with Gasteiger partial charge in [-0.05, 0) is 42.9 Å². The van der Waals surface area contributed by atoms with Crippen LogP contribution in [0.5, 0.6) is 5.75 Å². The summed E-state index contributed by atoms with van der Waals surface area (Å²) in [6.45, 7) is 9.62. The van der Waals surface area contributed by atoms with Crippen molar-refractivity contribution in [2.75, 3.05) is 20.2 Å². The molecule has 1 aromatic carbocycles. The highest BCUT2D eigenvalue weighted by Gasteiger charge is 2.30. The van der Waals surface area contributed by atoms with Crippen molar-refractivity contribution in [2.24, 2.45) is 11.3 Å². The number of piperidine rings is 1. The van der Waals surface area contributed by atoms with Crippen LogP contribution in [0.1, 0.15) is 39.2 Å². The van der Waals surface area contributed by atoms with Gasteiger partial charge in [-0.2, -0.15) is 0 Å². The van der Waals surface area contributed by atoms with Crippen molar-refractivity contribution in [1.29, 1.82) is 0 Å². The fourth-order valence-electron chi connectivity index (χ4n) is 3.01. The Labute approximate surface area is 121 Å². The molecule has 1 heterocycles. The van der Waals surface area contributed by atoms with Crippen LogP contribution in [0.3, 0.4) is 0 Å². The number of hydrogen-bond acceptors (Lipinski definition) is 2. The van der Waals surface area contributed by atoms with Gasteiger partial charge in [0.05, 0.1) is 7.11 Å². The highest BCUT2D eigenvalue weighted by atomic mass is 19.1. The molecule has 0 amide bonds. The van der Waals surface area contributed by atoms with E-state index in [1.54, 1.807) is 13.2 Å². The standard InChI is InChI=1S/C17H26FNO/c1-17(2,3)13-7-6-10-19(11-13)12-14-15(18)8-5-9-16(14)20-4/h5,8-9,13H,6-7,10-12H2,1-4H3/t13-/m1/s1. The molecule has 1 aromatic rings. The van der Waals surface area contributed by atoms with Gasteiger partial charge in [-0.25, -0.2) is 4.39 Å². The zero-order valence-electron chi connectivity index (χ0n) is 13.1. The van der Waals surface area contributed by atoms with E-state index in [0.717, 1.165) is 13.1 Å². The van der Waals surface area contributed by atoms with Gasteiger partial charge in [0, 0.05) is 18.7 Å². The lowest BCUT2D eigenvalue weighted by Gasteiger charge is -2.39. The van der Waals surface area contributed by atoms with Crippen LogP contribution in [0, 0.1) is 17.2 Å². The maximum atomic E-state index is 14.0. The molecule has 0 aromatic heterocycles. The molecule has 0 saturated carbocycles. The van der Waals surface area contributed by atoms with Gasteiger partial charge in [-0.1, -0.05) is 26.8 Å². The molecular weight excluding hydrogens is 253 g/mol. The first kappa shape index (κ1) is 15.3. The molecule has 20 heavy (non-hydrogen) atoms. The quantitative estimate of drug-likeness (QED) is 0.826. The Morgan fingerprint density at radius 3 is 2.75 bits per heavy atom. The number of hydrogen-bond donors (Lipinski definition) is 0. The summed E-state index contributed by atoms with van der Waals surface area (Å²) in [5, 5.41) is 0. The van der Waals surface area contributed by atoms with Crippen molar-refractivity contribution >= 4 is 0 Å². The second kappa shape index (κ2) is 6.13. The number of likely N-dealkylation sites (tertiary alicyclic amines) is 1. The molecule has 0 spiro atoms. The maximum Gasteiger partial charge on any atom is 0.131 e. The van der Waals surface area contributed by atoms with Crippen LogP contribution in [-0.4, -0.2) is 25.1 Å². The molecule has 0 bridgehead atoms. The molecule has 1 fully saturated rings. The summed E-state index contributed by atoms with van der Waals surface area (Å²) in [7, 11) is 1.60. The van der Waals surface area contributed by atoms with Gasteiger partial charge in [0.15, 0.2) is 0 Å².